The van der Waals surface area contributed by atoms with Crippen molar-refractivity contribution in [2.75, 3.05) is 6.61 Å². The van der Waals surface area contributed by atoms with Crippen molar-refractivity contribution in [3.63, 3.8) is 0 Å². The number of aryl methyl sites for hydroxylation is 1. The third kappa shape index (κ3) is 5.45. The lowest BCUT2D eigenvalue weighted by Crippen LogP contribution is -2.24. The van der Waals surface area contributed by atoms with Gasteiger partial charge in [-0.2, -0.15) is 0 Å². The van der Waals surface area contributed by atoms with Crippen LogP contribution in [0.15, 0.2) is 36.4 Å². The van der Waals surface area contributed by atoms with Gasteiger partial charge in [-0.1, -0.05) is 56.7 Å². The van der Waals surface area contributed by atoms with E-state index in [1.807, 2.05) is 0 Å². The number of allylic oxidation sites excluding steroid dienone is 1. The molecule has 1 heterocycles. The maximum absolute atomic E-state index is 5.93. The predicted octanol–water partition coefficient (Wildman–Crippen LogP) is 6.67. The molecule has 0 spiro atoms. The van der Waals surface area contributed by atoms with Crippen molar-refractivity contribution in [1.29, 1.82) is 0 Å². The highest BCUT2D eigenvalue weighted by atomic mass is 16.5. The van der Waals surface area contributed by atoms with Crippen LogP contribution in [0.25, 0.3) is 0 Å². The molecule has 0 N–H and O–H groups in total. The van der Waals surface area contributed by atoms with Crippen molar-refractivity contribution in [1.82, 2.24) is 0 Å². The zero-order valence-electron chi connectivity index (χ0n) is 16.3. The highest BCUT2D eigenvalue weighted by Gasteiger charge is 2.22. The number of hydrogen-bond acceptors (Lipinski definition) is 1. The lowest BCUT2D eigenvalue weighted by atomic mass is 9.78. The van der Waals surface area contributed by atoms with Gasteiger partial charge in [-0.25, -0.2) is 0 Å². The molecule has 0 radical (unpaired) electrons. The summed E-state index contributed by atoms with van der Waals surface area (Å²) in [7, 11) is 0. The lowest BCUT2D eigenvalue weighted by molar-refractivity contribution is -0.00550. The van der Waals surface area contributed by atoms with Gasteiger partial charge in [-0.05, 0) is 74.3 Å². The van der Waals surface area contributed by atoms with Gasteiger partial charge in [0.15, 0.2) is 0 Å². The first-order valence-corrected chi connectivity index (χ1v) is 10.7. The van der Waals surface area contributed by atoms with Crippen LogP contribution in [0.3, 0.4) is 0 Å². The first-order valence-electron chi connectivity index (χ1n) is 10.7. The highest BCUT2D eigenvalue weighted by molar-refractivity contribution is 5.26. The minimum Gasteiger partial charge on any atom is -0.378 e. The molecule has 0 bridgehead atoms. The van der Waals surface area contributed by atoms with Crippen molar-refractivity contribution >= 4 is 0 Å². The van der Waals surface area contributed by atoms with E-state index in [0.29, 0.717) is 12.0 Å². The zero-order valence-corrected chi connectivity index (χ0v) is 16.3. The summed E-state index contributed by atoms with van der Waals surface area (Å²) in [5, 5.41) is 0. The van der Waals surface area contributed by atoms with Crippen molar-refractivity contribution in [3.8, 4) is 0 Å². The van der Waals surface area contributed by atoms with E-state index in [4.69, 9.17) is 4.74 Å². The van der Waals surface area contributed by atoms with Gasteiger partial charge in [0.1, 0.15) is 0 Å². The Labute approximate surface area is 154 Å². The molecule has 1 aliphatic heterocycles. The smallest absolute Gasteiger partial charge is 0.0573 e. The summed E-state index contributed by atoms with van der Waals surface area (Å²) in [6, 6.07) is 9.46. The standard InChI is InChI=1S/C24H36O/c1-3-5-19-8-13-22(14-9-19)23-15-10-20(11-16-23)6-7-21-12-17-24(4-2)25-18-21/h6-9,13-14,20-21,23-24H,3-5,10-12,15-18H2,1-2H3. The Balaban J connectivity index is 1.43. The third-order valence-corrected chi connectivity index (χ3v) is 6.28. The largest absolute Gasteiger partial charge is 0.378 e. The minimum absolute atomic E-state index is 0.517. The fourth-order valence-corrected chi connectivity index (χ4v) is 4.50. The zero-order chi connectivity index (χ0) is 17.5. The molecule has 2 aliphatic rings. The van der Waals surface area contributed by atoms with E-state index in [2.05, 4.69) is 50.3 Å². The molecule has 1 saturated carbocycles. The summed E-state index contributed by atoms with van der Waals surface area (Å²) in [6.45, 7) is 5.43. The Morgan fingerprint density at radius 2 is 1.56 bits per heavy atom. The van der Waals surface area contributed by atoms with Crippen LogP contribution >= 0.6 is 0 Å². The molecule has 1 heteroatoms. The average molecular weight is 341 g/mol. The third-order valence-electron chi connectivity index (χ3n) is 6.28. The summed E-state index contributed by atoms with van der Waals surface area (Å²) in [5.74, 6) is 2.23. The predicted molar refractivity (Wildman–Crippen MR) is 107 cm³/mol. The summed E-state index contributed by atoms with van der Waals surface area (Å²) in [6.07, 6.45) is 17.1. The summed E-state index contributed by atoms with van der Waals surface area (Å²) >= 11 is 0. The Hall–Kier alpha value is -1.08. The van der Waals surface area contributed by atoms with E-state index < -0.39 is 0 Å². The fourth-order valence-electron chi connectivity index (χ4n) is 4.50. The average Bonchev–Trinajstić information content (AvgIpc) is 2.68. The van der Waals surface area contributed by atoms with E-state index >= 15 is 0 Å². The van der Waals surface area contributed by atoms with Crippen molar-refractivity contribution in [2.45, 2.75) is 83.7 Å². The molecule has 138 valence electrons. The fraction of sp³-hybridized carbons (Fsp3) is 0.667. The quantitative estimate of drug-likeness (QED) is 0.525. The van der Waals surface area contributed by atoms with Crippen LogP contribution < -0.4 is 0 Å². The second kappa shape index (κ2) is 9.57. The second-order valence-corrected chi connectivity index (χ2v) is 8.19. The van der Waals surface area contributed by atoms with Gasteiger partial charge in [0, 0.05) is 5.92 Å². The summed E-state index contributed by atoms with van der Waals surface area (Å²) in [4.78, 5) is 0. The molecule has 2 atom stereocenters. The molecule has 2 unspecified atom stereocenters. The van der Waals surface area contributed by atoms with E-state index in [1.54, 1.807) is 5.56 Å². The first kappa shape index (κ1) is 18.7. The van der Waals surface area contributed by atoms with Gasteiger partial charge >= 0.3 is 0 Å². The monoisotopic (exact) mass is 340 g/mol. The Morgan fingerprint density at radius 1 is 0.880 bits per heavy atom. The number of rotatable bonds is 6. The van der Waals surface area contributed by atoms with Gasteiger partial charge in [-0.3, -0.25) is 0 Å². The number of benzene rings is 1. The van der Waals surface area contributed by atoms with Crippen molar-refractivity contribution < 1.29 is 4.74 Å². The summed E-state index contributed by atoms with van der Waals surface area (Å²) in [5.41, 5.74) is 3.05. The lowest BCUT2D eigenvalue weighted by Gasteiger charge is -2.29. The molecule has 1 aromatic rings. The van der Waals surface area contributed by atoms with Crippen LogP contribution in [0.5, 0.6) is 0 Å². The van der Waals surface area contributed by atoms with Gasteiger partial charge in [0.2, 0.25) is 0 Å². The van der Waals surface area contributed by atoms with Crippen LogP contribution in [0.2, 0.25) is 0 Å². The molecule has 1 saturated heterocycles. The number of hydrogen-bond donors (Lipinski definition) is 0. The highest BCUT2D eigenvalue weighted by Crippen LogP contribution is 2.36. The molecule has 2 fully saturated rings. The Kier molecular flexibility index (Phi) is 7.16. The van der Waals surface area contributed by atoms with Crippen LogP contribution in [0, 0.1) is 11.8 Å². The SMILES string of the molecule is CCCc1ccc(C2CCC(C=CC3CCC(CC)OC3)CC2)cc1. The second-order valence-electron chi connectivity index (χ2n) is 8.19. The molecule has 1 aromatic carbocycles. The van der Waals surface area contributed by atoms with Crippen molar-refractivity contribution in [3.05, 3.63) is 47.5 Å². The van der Waals surface area contributed by atoms with E-state index in [1.165, 1.54) is 63.4 Å². The maximum atomic E-state index is 5.93. The van der Waals surface area contributed by atoms with Crippen LogP contribution in [-0.2, 0) is 11.2 Å². The van der Waals surface area contributed by atoms with Gasteiger partial charge in [-0.15, -0.1) is 0 Å². The van der Waals surface area contributed by atoms with Crippen LogP contribution in [-0.4, -0.2) is 12.7 Å². The van der Waals surface area contributed by atoms with Gasteiger partial charge in [0.25, 0.3) is 0 Å². The van der Waals surface area contributed by atoms with Crippen molar-refractivity contribution in [2.24, 2.45) is 11.8 Å². The normalized spacial score (nSPS) is 30.6. The van der Waals surface area contributed by atoms with E-state index in [-0.39, 0.29) is 0 Å². The summed E-state index contributed by atoms with van der Waals surface area (Å²) < 4.78 is 5.93. The Morgan fingerprint density at radius 3 is 2.16 bits per heavy atom. The van der Waals surface area contributed by atoms with Crippen LogP contribution in [0.1, 0.15) is 82.3 Å². The molecule has 1 nitrogen and oxygen atoms in total. The molecule has 0 amide bonds. The van der Waals surface area contributed by atoms with Gasteiger partial charge in [0.05, 0.1) is 12.7 Å². The molecule has 25 heavy (non-hydrogen) atoms. The molecule has 3 rings (SSSR count). The van der Waals surface area contributed by atoms with E-state index in [9.17, 15) is 0 Å². The van der Waals surface area contributed by atoms with E-state index in [0.717, 1.165) is 18.4 Å². The molecular weight excluding hydrogens is 304 g/mol. The molecule has 0 aromatic heterocycles. The maximum Gasteiger partial charge on any atom is 0.0573 e. The molecular formula is C24H36O. The topological polar surface area (TPSA) is 9.23 Å². The van der Waals surface area contributed by atoms with Crippen LogP contribution in [0.4, 0.5) is 0 Å². The first-order chi connectivity index (χ1) is 12.3. The number of ether oxygens (including phenoxy) is 1. The minimum atomic E-state index is 0.517. The van der Waals surface area contributed by atoms with Gasteiger partial charge < -0.3 is 4.74 Å². The molecule has 1 aliphatic carbocycles. The Bertz CT molecular complexity index is 514.